The molecule has 0 aliphatic rings. The largest absolute Gasteiger partial charge is 0.493 e. The summed E-state index contributed by atoms with van der Waals surface area (Å²) in [6, 6.07) is 4.16. The van der Waals surface area contributed by atoms with E-state index in [1.165, 1.54) is 43.0 Å². The third kappa shape index (κ3) is 3.44. The fourth-order valence-corrected chi connectivity index (χ4v) is 3.31. The Morgan fingerprint density at radius 3 is 2.39 bits per heavy atom. The number of amides is 1. The number of nitrogens with zero attached hydrogens (tertiary/aromatic N) is 2. The Balaban J connectivity index is 2.10. The number of pyridine rings is 1. The standard InChI is InChI=1S/C18H15Cl2N3O5/c1-8-15(23-7-9(19)4-11(20)16(23)21-8)17(24)22-12-6-14(28-3)13(27-2)5-10(12)18(25)26/h4-7H,1-3H3,(H,22,24)(H,25,26). The number of carboxylic acid groups (broad SMARTS) is 1. The van der Waals surface area contributed by atoms with Crippen molar-refractivity contribution in [3.05, 3.63) is 51.4 Å². The number of aromatic carboxylic acids is 1. The molecule has 2 aromatic heterocycles. The van der Waals surface area contributed by atoms with Gasteiger partial charge in [0.05, 0.1) is 41.2 Å². The number of aryl methyl sites for hydroxylation is 1. The van der Waals surface area contributed by atoms with Crippen molar-refractivity contribution < 1.29 is 24.2 Å². The van der Waals surface area contributed by atoms with Crippen molar-refractivity contribution >= 4 is 46.4 Å². The van der Waals surface area contributed by atoms with E-state index in [-0.39, 0.29) is 33.5 Å². The van der Waals surface area contributed by atoms with E-state index in [0.29, 0.717) is 16.4 Å². The highest BCUT2D eigenvalue weighted by Crippen LogP contribution is 2.34. The fraction of sp³-hybridized carbons (Fsp3) is 0.167. The maximum atomic E-state index is 12.9. The number of carbonyl (C=O) groups is 2. The molecule has 0 saturated heterocycles. The summed E-state index contributed by atoms with van der Waals surface area (Å²) in [5.41, 5.74) is 0.815. The number of carbonyl (C=O) groups excluding carboxylic acids is 1. The number of rotatable bonds is 5. The first-order valence-electron chi connectivity index (χ1n) is 7.91. The molecular weight excluding hydrogens is 409 g/mol. The van der Waals surface area contributed by atoms with Gasteiger partial charge < -0.3 is 19.9 Å². The molecule has 0 aliphatic carbocycles. The Morgan fingerprint density at radius 1 is 1.14 bits per heavy atom. The molecule has 3 rings (SSSR count). The summed E-state index contributed by atoms with van der Waals surface area (Å²) in [6.07, 6.45) is 1.50. The van der Waals surface area contributed by atoms with E-state index in [0.717, 1.165) is 0 Å². The predicted molar refractivity (Wildman–Crippen MR) is 104 cm³/mol. The molecule has 0 bridgehead atoms. The summed E-state index contributed by atoms with van der Waals surface area (Å²) in [4.78, 5) is 28.9. The average Bonchev–Trinajstić information content (AvgIpc) is 2.97. The summed E-state index contributed by atoms with van der Waals surface area (Å²) in [6.45, 7) is 1.64. The van der Waals surface area contributed by atoms with E-state index < -0.39 is 11.9 Å². The lowest BCUT2D eigenvalue weighted by atomic mass is 10.1. The molecule has 0 fully saturated rings. The molecule has 10 heteroatoms. The molecule has 0 radical (unpaired) electrons. The van der Waals surface area contributed by atoms with Crippen LogP contribution in [0.1, 0.15) is 26.5 Å². The number of nitrogens with one attached hydrogen (secondary N) is 1. The topological polar surface area (TPSA) is 102 Å². The van der Waals surface area contributed by atoms with Gasteiger partial charge in [-0.15, -0.1) is 0 Å². The van der Waals surface area contributed by atoms with Gasteiger partial charge >= 0.3 is 5.97 Å². The van der Waals surface area contributed by atoms with E-state index >= 15 is 0 Å². The van der Waals surface area contributed by atoms with Crippen molar-refractivity contribution in [2.24, 2.45) is 0 Å². The quantitative estimate of drug-likeness (QED) is 0.644. The third-order valence-electron chi connectivity index (χ3n) is 4.03. The van der Waals surface area contributed by atoms with Gasteiger partial charge in [-0.1, -0.05) is 23.2 Å². The fourth-order valence-electron chi connectivity index (χ4n) is 2.80. The maximum Gasteiger partial charge on any atom is 0.337 e. The molecular formula is C18H15Cl2N3O5. The number of halogens is 2. The van der Waals surface area contributed by atoms with Gasteiger partial charge in [0, 0.05) is 18.3 Å². The summed E-state index contributed by atoms with van der Waals surface area (Å²) >= 11 is 12.2. The van der Waals surface area contributed by atoms with Gasteiger partial charge in [0.15, 0.2) is 17.1 Å². The summed E-state index contributed by atoms with van der Waals surface area (Å²) in [5.74, 6) is -1.33. The first-order valence-corrected chi connectivity index (χ1v) is 8.66. The highest BCUT2D eigenvalue weighted by Gasteiger charge is 2.22. The van der Waals surface area contributed by atoms with Crippen LogP contribution in [0.25, 0.3) is 5.65 Å². The number of hydrogen-bond donors (Lipinski definition) is 2. The van der Waals surface area contributed by atoms with Gasteiger partial charge in [-0.2, -0.15) is 0 Å². The molecule has 0 atom stereocenters. The number of hydrogen-bond acceptors (Lipinski definition) is 5. The predicted octanol–water partition coefficient (Wildman–Crippen LogP) is 3.92. The number of imidazole rings is 1. The Kier molecular flexibility index (Phi) is 5.35. The molecule has 28 heavy (non-hydrogen) atoms. The summed E-state index contributed by atoms with van der Waals surface area (Å²) < 4.78 is 11.8. The van der Waals surface area contributed by atoms with E-state index in [1.54, 1.807) is 6.92 Å². The van der Waals surface area contributed by atoms with Crippen LogP contribution in [0, 0.1) is 6.92 Å². The molecule has 2 N–H and O–H groups in total. The SMILES string of the molecule is COc1cc(NC(=O)c2c(C)nc3c(Cl)cc(Cl)cn23)c(C(=O)O)cc1OC. The van der Waals surface area contributed by atoms with Gasteiger partial charge in [0.25, 0.3) is 5.91 Å². The first kappa shape index (κ1) is 19.8. The Morgan fingerprint density at radius 2 is 1.79 bits per heavy atom. The second-order valence-electron chi connectivity index (χ2n) is 5.76. The van der Waals surface area contributed by atoms with Gasteiger partial charge in [0.2, 0.25) is 0 Å². The number of fused-ring (bicyclic) bond motifs is 1. The zero-order valence-corrected chi connectivity index (χ0v) is 16.6. The van der Waals surface area contributed by atoms with Gasteiger partial charge in [-0.3, -0.25) is 9.20 Å². The van der Waals surface area contributed by atoms with Crippen molar-refractivity contribution in [3.8, 4) is 11.5 Å². The molecule has 8 nitrogen and oxygen atoms in total. The second kappa shape index (κ2) is 7.57. The van der Waals surface area contributed by atoms with Crippen molar-refractivity contribution in [1.82, 2.24) is 9.38 Å². The second-order valence-corrected chi connectivity index (χ2v) is 6.60. The minimum absolute atomic E-state index is 0.0395. The normalized spacial score (nSPS) is 10.8. The van der Waals surface area contributed by atoms with Crippen molar-refractivity contribution in [2.45, 2.75) is 6.92 Å². The molecule has 0 unspecified atom stereocenters. The highest BCUT2D eigenvalue weighted by molar-refractivity contribution is 6.36. The van der Waals surface area contributed by atoms with E-state index in [1.807, 2.05) is 0 Å². The van der Waals surface area contributed by atoms with Crippen LogP contribution < -0.4 is 14.8 Å². The van der Waals surface area contributed by atoms with Crippen LogP contribution in [0.15, 0.2) is 24.4 Å². The monoisotopic (exact) mass is 423 g/mol. The van der Waals surface area contributed by atoms with Crippen LogP contribution in [-0.4, -0.2) is 40.6 Å². The van der Waals surface area contributed by atoms with Gasteiger partial charge in [-0.05, 0) is 13.0 Å². The minimum atomic E-state index is -1.24. The van der Waals surface area contributed by atoms with Crippen molar-refractivity contribution in [2.75, 3.05) is 19.5 Å². The van der Waals surface area contributed by atoms with Gasteiger partial charge in [-0.25, -0.2) is 9.78 Å². The Bertz CT molecular complexity index is 1110. The highest BCUT2D eigenvalue weighted by atomic mass is 35.5. The first-order chi connectivity index (χ1) is 13.3. The summed E-state index contributed by atoms with van der Waals surface area (Å²) in [5, 5.41) is 12.7. The molecule has 1 aromatic carbocycles. The number of carboxylic acids is 1. The number of anilines is 1. The van der Waals surface area contributed by atoms with E-state index in [9.17, 15) is 14.7 Å². The van der Waals surface area contributed by atoms with Crippen LogP contribution in [0.5, 0.6) is 11.5 Å². The van der Waals surface area contributed by atoms with Crippen molar-refractivity contribution in [1.29, 1.82) is 0 Å². The molecule has 0 spiro atoms. The molecule has 0 saturated carbocycles. The number of ether oxygens (including phenoxy) is 2. The minimum Gasteiger partial charge on any atom is -0.493 e. The zero-order chi connectivity index (χ0) is 20.6. The Labute approximate surface area is 169 Å². The molecule has 0 aliphatic heterocycles. The Hall–Kier alpha value is -2.97. The number of methoxy groups -OCH3 is 2. The lowest BCUT2D eigenvalue weighted by Gasteiger charge is -2.14. The lowest BCUT2D eigenvalue weighted by molar-refractivity contribution is 0.0697. The van der Waals surface area contributed by atoms with Crippen LogP contribution in [0.4, 0.5) is 5.69 Å². The number of aromatic nitrogens is 2. The molecule has 146 valence electrons. The molecule has 2 heterocycles. The third-order valence-corrected chi connectivity index (χ3v) is 4.52. The average molecular weight is 424 g/mol. The van der Waals surface area contributed by atoms with Crippen LogP contribution in [0.3, 0.4) is 0 Å². The van der Waals surface area contributed by atoms with E-state index in [2.05, 4.69) is 10.3 Å². The van der Waals surface area contributed by atoms with Gasteiger partial charge in [0.1, 0.15) is 5.69 Å². The summed E-state index contributed by atoms with van der Waals surface area (Å²) in [7, 11) is 2.79. The lowest BCUT2D eigenvalue weighted by Crippen LogP contribution is -2.18. The van der Waals surface area contributed by atoms with Crippen LogP contribution in [-0.2, 0) is 0 Å². The van der Waals surface area contributed by atoms with Crippen molar-refractivity contribution in [3.63, 3.8) is 0 Å². The molecule has 1 amide bonds. The smallest absolute Gasteiger partial charge is 0.337 e. The van der Waals surface area contributed by atoms with Crippen LogP contribution >= 0.6 is 23.2 Å². The number of benzene rings is 1. The van der Waals surface area contributed by atoms with Crippen LogP contribution in [0.2, 0.25) is 10.0 Å². The molecule has 3 aromatic rings. The zero-order valence-electron chi connectivity index (χ0n) is 15.0. The van der Waals surface area contributed by atoms with E-state index in [4.69, 9.17) is 32.7 Å². The maximum absolute atomic E-state index is 12.9.